The zero-order chi connectivity index (χ0) is 29.5. The molecule has 0 bridgehead atoms. The van der Waals surface area contributed by atoms with E-state index in [0.717, 1.165) is 5.56 Å². The fourth-order valence-corrected chi connectivity index (χ4v) is 3.17. The van der Waals surface area contributed by atoms with Gasteiger partial charge in [0.2, 0.25) is 11.8 Å². The molecule has 39 heavy (non-hydrogen) atoms. The number of hydrogen-bond acceptors (Lipinski definition) is 11. The maximum atomic E-state index is 12.6. The molecule has 1 aliphatic heterocycles. The number of benzene rings is 1. The van der Waals surface area contributed by atoms with Crippen LogP contribution in [0.15, 0.2) is 30.3 Å². The molecule has 0 aliphatic carbocycles. The third-order valence-electron chi connectivity index (χ3n) is 5.47. The van der Waals surface area contributed by atoms with Crippen LogP contribution < -0.4 is 27.0 Å². The fraction of sp³-hybridized carbons (Fsp3) is 0.615. The first kappa shape index (κ1) is 36.1. The van der Waals surface area contributed by atoms with Crippen LogP contribution in [0.2, 0.25) is 0 Å². The van der Waals surface area contributed by atoms with Crippen molar-refractivity contribution in [2.24, 2.45) is 11.7 Å². The highest BCUT2D eigenvalue weighted by Gasteiger charge is 2.25. The number of likely N-dealkylation sites (N-methyl/N-ethyl adjacent to an activating group) is 1. The van der Waals surface area contributed by atoms with Crippen LogP contribution in [0.25, 0.3) is 0 Å². The lowest BCUT2D eigenvalue weighted by molar-refractivity contribution is -0.147. The first-order valence-electron chi connectivity index (χ1n) is 13.0. The van der Waals surface area contributed by atoms with Gasteiger partial charge in [-0.1, -0.05) is 44.2 Å². The van der Waals surface area contributed by atoms with Gasteiger partial charge in [-0.15, -0.1) is 0 Å². The van der Waals surface area contributed by atoms with Gasteiger partial charge in [0.25, 0.3) is 0 Å². The van der Waals surface area contributed by atoms with Gasteiger partial charge in [-0.2, -0.15) is 0 Å². The van der Waals surface area contributed by atoms with Crippen molar-refractivity contribution in [1.82, 2.24) is 21.3 Å². The highest BCUT2D eigenvalue weighted by Crippen LogP contribution is 2.11. The highest BCUT2D eigenvalue weighted by atomic mass is 16.5. The van der Waals surface area contributed by atoms with Crippen LogP contribution in [0.5, 0.6) is 0 Å². The molecule has 0 saturated carbocycles. The second-order valence-electron chi connectivity index (χ2n) is 8.20. The molecule has 2 rings (SSSR count). The van der Waals surface area contributed by atoms with Crippen LogP contribution >= 0.6 is 0 Å². The van der Waals surface area contributed by atoms with E-state index in [1.165, 1.54) is 0 Å². The summed E-state index contributed by atoms with van der Waals surface area (Å²) >= 11 is 0. The van der Waals surface area contributed by atoms with E-state index < -0.39 is 30.7 Å². The summed E-state index contributed by atoms with van der Waals surface area (Å²) in [5.74, 6) is -1.32. The van der Waals surface area contributed by atoms with E-state index in [1.807, 2.05) is 44.2 Å². The summed E-state index contributed by atoms with van der Waals surface area (Å²) in [7, 11) is 1.62. The number of carbonyl (C=O) groups is 4. The van der Waals surface area contributed by atoms with Gasteiger partial charge < -0.3 is 46.2 Å². The smallest absolute Gasteiger partial charge is 0.323 e. The third-order valence-corrected chi connectivity index (χ3v) is 5.47. The number of aldehydes is 1. The summed E-state index contributed by atoms with van der Waals surface area (Å²) < 4.78 is 10.5. The summed E-state index contributed by atoms with van der Waals surface area (Å²) in [5, 5.41) is 27.5. The van der Waals surface area contributed by atoms with Crippen LogP contribution in [0.3, 0.4) is 0 Å². The predicted molar refractivity (Wildman–Crippen MR) is 145 cm³/mol. The Hall–Kier alpha value is -2.94. The van der Waals surface area contributed by atoms with Crippen LogP contribution in [0.1, 0.15) is 32.3 Å². The second kappa shape index (κ2) is 23.0. The average Bonchev–Trinajstić information content (AvgIpc) is 3.51. The van der Waals surface area contributed by atoms with Crippen LogP contribution in [-0.4, -0.2) is 99.3 Å². The van der Waals surface area contributed by atoms with Crippen molar-refractivity contribution in [3.05, 3.63) is 35.9 Å². The summed E-state index contributed by atoms with van der Waals surface area (Å²) in [4.78, 5) is 45.9. The normalized spacial score (nSPS) is 16.2. The first-order chi connectivity index (χ1) is 18.9. The van der Waals surface area contributed by atoms with Crippen molar-refractivity contribution in [1.29, 1.82) is 0 Å². The third kappa shape index (κ3) is 15.9. The van der Waals surface area contributed by atoms with E-state index in [4.69, 9.17) is 25.4 Å². The molecule has 0 unspecified atom stereocenters. The predicted octanol–water partition coefficient (Wildman–Crippen LogP) is -1.58. The number of nitrogens with two attached hydrogens (primary N) is 1. The van der Waals surface area contributed by atoms with E-state index in [0.29, 0.717) is 32.3 Å². The topological polar surface area (TPSA) is 201 Å². The molecule has 0 aromatic heterocycles. The molecule has 1 aromatic carbocycles. The van der Waals surface area contributed by atoms with E-state index >= 15 is 0 Å². The van der Waals surface area contributed by atoms with Crippen molar-refractivity contribution in [2.45, 2.75) is 51.2 Å². The van der Waals surface area contributed by atoms with Crippen molar-refractivity contribution in [3.63, 3.8) is 0 Å². The number of carbonyl (C=O) groups excluding carboxylic acids is 4. The molecule has 13 heteroatoms. The monoisotopic (exact) mass is 555 g/mol. The Morgan fingerprint density at radius 2 is 1.87 bits per heavy atom. The molecule has 0 spiro atoms. The van der Waals surface area contributed by atoms with E-state index in [1.54, 1.807) is 7.05 Å². The number of hydrogen-bond donors (Lipinski definition) is 7. The van der Waals surface area contributed by atoms with Gasteiger partial charge in [0.05, 0.1) is 44.5 Å². The van der Waals surface area contributed by atoms with E-state index in [9.17, 15) is 19.2 Å². The molecule has 1 saturated heterocycles. The van der Waals surface area contributed by atoms with Gasteiger partial charge in [-0.05, 0) is 25.5 Å². The SMILES string of the molecule is CC.CN[C@H](C=O)CO.N[C@@H](CCOC(=O)[C@H](Cc1ccccc1)NCNC(=O)[C@@H]1CCOC1)C(=O)NCO. The van der Waals surface area contributed by atoms with Gasteiger partial charge in [0.15, 0.2) is 0 Å². The standard InChI is InChI=1S/C20H30N4O6.C4H9NO2.C2H6/c21-16(19(27)24-13-25)7-9-30-20(28)17(10-14-4-2-1-3-5-14)22-12-23-18(26)15-6-8-29-11-15;1-5-4(2-6)3-7;1-2/h1-5,15-17,22,25H,6-13,21H2,(H,23,26)(H,24,27);2,4-5,7H,3H2,1H3;1-2H3/t15-,16+,17+;4-;/m11./s1. The number of rotatable bonds is 15. The zero-order valence-corrected chi connectivity index (χ0v) is 23.1. The zero-order valence-electron chi connectivity index (χ0n) is 23.1. The van der Waals surface area contributed by atoms with Crippen LogP contribution in [-0.2, 0) is 35.1 Å². The molecule has 8 N–H and O–H groups in total. The molecule has 13 nitrogen and oxygen atoms in total. The lowest BCUT2D eigenvalue weighted by Gasteiger charge is -2.19. The summed E-state index contributed by atoms with van der Waals surface area (Å²) in [5.41, 5.74) is 6.61. The second-order valence-corrected chi connectivity index (χ2v) is 8.20. The Bertz CT molecular complexity index is 805. The number of amides is 2. The minimum Gasteiger partial charge on any atom is -0.464 e. The molecule has 1 heterocycles. The minimum atomic E-state index is -0.890. The molecule has 1 fully saturated rings. The number of aliphatic hydroxyl groups excluding tert-OH is 2. The van der Waals surface area contributed by atoms with Crippen molar-refractivity contribution >= 4 is 24.1 Å². The van der Waals surface area contributed by atoms with Crippen molar-refractivity contribution in [2.75, 3.05) is 46.9 Å². The summed E-state index contributed by atoms with van der Waals surface area (Å²) in [6, 6.07) is 7.45. The van der Waals surface area contributed by atoms with Crippen LogP contribution in [0, 0.1) is 5.92 Å². The van der Waals surface area contributed by atoms with Gasteiger partial charge in [0.1, 0.15) is 19.1 Å². The summed E-state index contributed by atoms with van der Waals surface area (Å²) in [6.45, 7) is 4.42. The lowest BCUT2D eigenvalue weighted by atomic mass is 10.1. The Morgan fingerprint density at radius 3 is 2.38 bits per heavy atom. The Kier molecular flexibility index (Phi) is 21.3. The summed E-state index contributed by atoms with van der Waals surface area (Å²) in [6.07, 6.45) is 1.85. The first-order valence-corrected chi connectivity index (χ1v) is 13.0. The fourth-order valence-electron chi connectivity index (χ4n) is 3.17. The largest absolute Gasteiger partial charge is 0.464 e. The average molecular weight is 556 g/mol. The van der Waals surface area contributed by atoms with Gasteiger partial charge in [0, 0.05) is 13.0 Å². The lowest BCUT2D eigenvalue weighted by Crippen LogP contribution is -2.47. The van der Waals surface area contributed by atoms with Gasteiger partial charge in [-0.25, -0.2) is 0 Å². The van der Waals surface area contributed by atoms with E-state index in [2.05, 4.69) is 21.3 Å². The Labute approximate surface area is 230 Å². The quantitative estimate of drug-likeness (QED) is 0.0748. The van der Waals surface area contributed by atoms with E-state index in [-0.39, 0.29) is 44.2 Å². The van der Waals surface area contributed by atoms with Crippen molar-refractivity contribution in [3.8, 4) is 0 Å². The highest BCUT2D eigenvalue weighted by molar-refractivity contribution is 5.81. The van der Waals surface area contributed by atoms with Crippen LogP contribution in [0.4, 0.5) is 0 Å². The van der Waals surface area contributed by atoms with Gasteiger partial charge in [-0.3, -0.25) is 19.7 Å². The molecule has 1 aromatic rings. The molecule has 1 aliphatic rings. The molecule has 222 valence electrons. The Balaban J connectivity index is 0.00000139. The minimum absolute atomic E-state index is 0.0441. The molecule has 0 radical (unpaired) electrons. The van der Waals surface area contributed by atoms with Crippen molar-refractivity contribution < 1.29 is 38.9 Å². The Morgan fingerprint density at radius 1 is 1.18 bits per heavy atom. The maximum Gasteiger partial charge on any atom is 0.323 e. The molecular weight excluding hydrogens is 510 g/mol. The molecule has 4 atom stereocenters. The number of aliphatic hydroxyl groups is 2. The molecule has 2 amide bonds. The number of nitrogens with one attached hydrogen (secondary N) is 4. The van der Waals surface area contributed by atoms with Gasteiger partial charge >= 0.3 is 5.97 Å². The number of ether oxygens (including phenoxy) is 2. The maximum absolute atomic E-state index is 12.6. The molecular formula is C26H45N5O8. The number of esters is 1.